The predicted molar refractivity (Wildman–Crippen MR) is 162 cm³/mol. The summed E-state index contributed by atoms with van der Waals surface area (Å²) >= 11 is 0. The Kier molecular flexibility index (Phi) is 9.76. The minimum Gasteiger partial charge on any atom is -0.364 e. The molecule has 5 rings (SSSR count). The summed E-state index contributed by atoms with van der Waals surface area (Å²) in [7, 11) is -4.13. The van der Waals surface area contributed by atoms with Crippen LogP contribution in [0.1, 0.15) is 42.5 Å². The van der Waals surface area contributed by atoms with Crippen LogP contribution in [0.2, 0.25) is 0 Å². The number of hydrogen-bond donors (Lipinski definition) is 1. The molecule has 0 radical (unpaired) electrons. The van der Waals surface area contributed by atoms with Crippen molar-refractivity contribution in [2.24, 2.45) is 5.92 Å². The molecule has 0 saturated carbocycles. The zero-order valence-electron chi connectivity index (χ0n) is 23.7. The number of carbonyl (C=O) groups excluding carboxylic acids is 2. The van der Waals surface area contributed by atoms with Gasteiger partial charge >= 0.3 is 0 Å². The molecule has 0 unspecified atom stereocenters. The second-order valence-electron chi connectivity index (χ2n) is 10.8. The Balaban J connectivity index is 1.15. The quantitative estimate of drug-likeness (QED) is 0.334. The van der Waals surface area contributed by atoms with Crippen molar-refractivity contribution < 1.29 is 22.8 Å². The van der Waals surface area contributed by atoms with Crippen LogP contribution in [0.3, 0.4) is 0 Å². The van der Waals surface area contributed by atoms with Crippen molar-refractivity contribution in [1.29, 1.82) is 0 Å². The van der Waals surface area contributed by atoms with E-state index >= 15 is 0 Å². The lowest BCUT2D eigenvalue weighted by Gasteiger charge is -2.32. The van der Waals surface area contributed by atoms with Gasteiger partial charge in [0.25, 0.3) is 15.9 Å². The number of anilines is 1. The lowest BCUT2D eigenvalue weighted by Crippen LogP contribution is -2.44. The summed E-state index contributed by atoms with van der Waals surface area (Å²) < 4.78 is 28.0. The van der Waals surface area contributed by atoms with Crippen molar-refractivity contribution in [3.63, 3.8) is 0 Å². The normalized spacial score (nSPS) is 16.2. The first-order chi connectivity index (χ1) is 20.4. The lowest BCUT2D eigenvalue weighted by molar-refractivity contribution is -0.131. The molecule has 1 N–H and O–H groups in total. The summed E-state index contributed by atoms with van der Waals surface area (Å²) in [6.45, 7) is 4.92. The van der Waals surface area contributed by atoms with Crippen molar-refractivity contribution in [2.45, 2.75) is 37.0 Å². The summed E-state index contributed by atoms with van der Waals surface area (Å²) in [5.41, 5.74) is 0.593. The SMILES string of the molecule is O=C(NCC(=O)N1CCC(CCN2CCCC2)CC1)c1ccc(S(=O)(=O)N(Oc2ccccc2)c2ccccc2)cc1. The first-order valence-corrected chi connectivity index (χ1v) is 16.1. The number of piperidine rings is 1. The van der Waals surface area contributed by atoms with Crippen LogP contribution in [0.25, 0.3) is 0 Å². The molecule has 2 amide bonds. The predicted octanol–water partition coefficient (Wildman–Crippen LogP) is 4.33. The van der Waals surface area contributed by atoms with Gasteiger partial charge in [0.15, 0.2) is 5.75 Å². The fourth-order valence-corrected chi connectivity index (χ4v) is 6.71. The van der Waals surface area contributed by atoms with Gasteiger partial charge in [-0.05, 0) is 106 Å². The van der Waals surface area contributed by atoms with E-state index in [1.807, 2.05) is 11.0 Å². The molecule has 2 saturated heterocycles. The average molecular weight is 591 g/mol. The van der Waals surface area contributed by atoms with Gasteiger partial charge in [-0.3, -0.25) is 9.59 Å². The number of amides is 2. The smallest absolute Gasteiger partial charge is 0.295 e. The van der Waals surface area contributed by atoms with Gasteiger partial charge in [0.05, 0.1) is 17.1 Å². The Hall–Kier alpha value is -3.89. The summed E-state index contributed by atoms with van der Waals surface area (Å²) in [5.74, 6) is 0.470. The number of para-hydroxylation sites is 2. The lowest BCUT2D eigenvalue weighted by atomic mass is 9.93. The van der Waals surface area contributed by atoms with Crippen molar-refractivity contribution in [1.82, 2.24) is 15.1 Å². The second-order valence-corrected chi connectivity index (χ2v) is 12.6. The highest BCUT2D eigenvalue weighted by atomic mass is 32.2. The second kappa shape index (κ2) is 13.8. The average Bonchev–Trinajstić information content (AvgIpc) is 3.56. The highest BCUT2D eigenvalue weighted by molar-refractivity contribution is 7.92. The number of nitrogens with zero attached hydrogens (tertiary/aromatic N) is 3. The summed E-state index contributed by atoms with van der Waals surface area (Å²) in [6.07, 6.45) is 5.79. The molecule has 0 aromatic heterocycles. The maximum atomic E-state index is 13.6. The highest BCUT2D eigenvalue weighted by Crippen LogP contribution is 2.26. The summed E-state index contributed by atoms with van der Waals surface area (Å²) in [6, 6.07) is 22.7. The van der Waals surface area contributed by atoms with Crippen LogP contribution in [0.5, 0.6) is 5.75 Å². The molecular weight excluding hydrogens is 552 g/mol. The Morgan fingerprint density at radius 1 is 0.833 bits per heavy atom. The highest BCUT2D eigenvalue weighted by Gasteiger charge is 2.28. The van der Waals surface area contributed by atoms with E-state index in [1.54, 1.807) is 54.6 Å². The molecule has 0 bridgehead atoms. The third kappa shape index (κ3) is 7.49. The van der Waals surface area contributed by atoms with Crippen molar-refractivity contribution in [3.05, 3.63) is 90.5 Å². The van der Waals surface area contributed by atoms with Crippen LogP contribution in [-0.2, 0) is 14.8 Å². The van der Waals surface area contributed by atoms with Gasteiger partial charge in [0, 0.05) is 18.7 Å². The van der Waals surface area contributed by atoms with Gasteiger partial charge in [-0.1, -0.05) is 40.9 Å². The van der Waals surface area contributed by atoms with E-state index < -0.39 is 15.9 Å². The number of nitrogens with one attached hydrogen (secondary N) is 1. The van der Waals surface area contributed by atoms with E-state index in [9.17, 15) is 18.0 Å². The Labute approximate surface area is 248 Å². The molecule has 3 aromatic carbocycles. The molecule has 0 aliphatic carbocycles. The molecule has 10 heteroatoms. The molecule has 42 heavy (non-hydrogen) atoms. The maximum Gasteiger partial charge on any atom is 0.295 e. The van der Waals surface area contributed by atoms with Gasteiger partial charge in [0.1, 0.15) is 0 Å². The van der Waals surface area contributed by atoms with Crippen LogP contribution >= 0.6 is 0 Å². The minimum absolute atomic E-state index is 0.0393. The van der Waals surface area contributed by atoms with Gasteiger partial charge < -0.3 is 20.0 Å². The first-order valence-electron chi connectivity index (χ1n) is 14.6. The molecule has 2 aliphatic rings. The molecule has 3 aromatic rings. The van der Waals surface area contributed by atoms with Crippen LogP contribution in [0.15, 0.2) is 89.8 Å². The topological polar surface area (TPSA) is 99.3 Å². The Bertz CT molecular complexity index is 1420. The number of carbonyl (C=O) groups is 2. The van der Waals surface area contributed by atoms with Crippen molar-refractivity contribution in [2.75, 3.05) is 43.7 Å². The number of likely N-dealkylation sites (tertiary alicyclic amines) is 2. The molecule has 222 valence electrons. The monoisotopic (exact) mass is 590 g/mol. The van der Waals surface area contributed by atoms with Crippen LogP contribution in [0, 0.1) is 5.92 Å². The van der Waals surface area contributed by atoms with E-state index in [0.29, 0.717) is 17.4 Å². The molecule has 0 atom stereocenters. The summed E-state index contributed by atoms with van der Waals surface area (Å²) in [5, 5.41) is 2.69. The fourth-order valence-electron chi connectivity index (χ4n) is 5.45. The molecule has 2 heterocycles. The van der Waals surface area contributed by atoms with Gasteiger partial charge in [0.2, 0.25) is 5.91 Å². The number of rotatable bonds is 11. The third-order valence-electron chi connectivity index (χ3n) is 7.95. The number of hydrogen-bond acceptors (Lipinski definition) is 6. The van der Waals surface area contributed by atoms with E-state index in [-0.39, 0.29) is 22.9 Å². The van der Waals surface area contributed by atoms with Gasteiger partial charge in [-0.2, -0.15) is 8.42 Å². The molecule has 9 nitrogen and oxygen atoms in total. The standard InChI is InChI=1S/C32H38N4O5S/c37-31(35-23-18-26(19-24-35)17-22-34-20-7-8-21-34)25-33-32(38)27-13-15-30(16-14-27)42(39,40)36(28-9-3-1-4-10-28)41-29-11-5-2-6-12-29/h1-6,9-16,26H,7-8,17-25H2,(H,33,38). The van der Waals surface area contributed by atoms with E-state index in [0.717, 1.165) is 36.9 Å². The van der Waals surface area contributed by atoms with E-state index in [1.165, 1.54) is 56.6 Å². The molecule has 0 spiro atoms. The van der Waals surface area contributed by atoms with Crippen LogP contribution in [0.4, 0.5) is 5.69 Å². The van der Waals surface area contributed by atoms with Gasteiger partial charge in [-0.25, -0.2) is 0 Å². The maximum absolute atomic E-state index is 13.6. The van der Waals surface area contributed by atoms with E-state index in [2.05, 4.69) is 10.2 Å². The minimum atomic E-state index is -4.13. The molecule has 2 fully saturated rings. The zero-order valence-corrected chi connectivity index (χ0v) is 24.5. The van der Waals surface area contributed by atoms with E-state index in [4.69, 9.17) is 4.84 Å². The molecule has 2 aliphatic heterocycles. The van der Waals surface area contributed by atoms with Gasteiger partial charge in [-0.15, -0.1) is 0 Å². The van der Waals surface area contributed by atoms with Crippen molar-refractivity contribution in [3.8, 4) is 5.75 Å². The number of benzene rings is 3. The first kappa shape index (κ1) is 29.6. The Morgan fingerprint density at radius 3 is 2.10 bits per heavy atom. The third-order valence-corrected chi connectivity index (χ3v) is 9.54. The zero-order chi connectivity index (χ0) is 29.4. The largest absolute Gasteiger partial charge is 0.364 e. The van der Waals surface area contributed by atoms with Crippen LogP contribution < -0.4 is 14.6 Å². The molecular formula is C32H38N4O5S. The Morgan fingerprint density at radius 2 is 1.45 bits per heavy atom. The van der Waals surface area contributed by atoms with Crippen LogP contribution in [-0.4, -0.2) is 69.3 Å². The summed E-state index contributed by atoms with van der Waals surface area (Å²) in [4.78, 5) is 35.6. The number of sulfonamides is 1. The fraction of sp³-hybridized carbons (Fsp3) is 0.375. The van der Waals surface area contributed by atoms with Crippen molar-refractivity contribution >= 4 is 27.5 Å².